The van der Waals surface area contributed by atoms with Gasteiger partial charge in [0.25, 0.3) is 17.7 Å². The minimum absolute atomic E-state index is 0.103. The van der Waals surface area contributed by atoms with Gasteiger partial charge in [0.1, 0.15) is 5.75 Å². The average Bonchev–Trinajstić information content (AvgIpc) is 2.93. The van der Waals surface area contributed by atoms with E-state index < -0.39 is 0 Å². The van der Waals surface area contributed by atoms with Crippen LogP contribution in [0.5, 0.6) is 5.75 Å². The van der Waals surface area contributed by atoms with Crippen molar-refractivity contribution < 1.29 is 19.1 Å². The Morgan fingerprint density at radius 2 is 1.83 bits per heavy atom. The van der Waals surface area contributed by atoms with E-state index >= 15 is 0 Å². The first-order valence-corrected chi connectivity index (χ1v) is 9.78. The molecule has 2 aliphatic rings. The third kappa shape index (κ3) is 3.73. The molecular formula is C22H23N3O4. The zero-order chi connectivity index (χ0) is 20.4. The van der Waals surface area contributed by atoms with Gasteiger partial charge in [-0.1, -0.05) is 18.2 Å². The van der Waals surface area contributed by atoms with Crippen LogP contribution in [0.25, 0.3) is 0 Å². The van der Waals surface area contributed by atoms with Gasteiger partial charge in [-0.25, -0.2) is 0 Å². The monoisotopic (exact) mass is 393 g/mol. The SMILES string of the molecule is CCOc1ccc(CN2C(=O)c3ccccc3C2=O)cc1C(=O)NCC1CNC1. The highest BCUT2D eigenvalue weighted by molar-refractivity contribution is 6.21. The smallest absolute Gasteiger partial charge is 0.261 e. The molecule has 3 amide bonds. The third-order valence-corrected chi connectivity index (χ3v) is 5.22. The summed E-state index contributed by atoms with van der Waals surface area (Å²) in [4.78, 5) is 39.2. The number of ether oxygens (including phenoxy) is 1. The first kappa shape index (κ1) is 19.1. The minimum atomic E-state index is -0.317. The van der Waals surface area contributed by atoms with Gasteiger partial charge >= 0.3 is 0 Å². The Morgan fingerprint density at radius 1 is 1.14 bits per heavy atom. The Bertz CT molecular complexity index is 933. The summed E-state index contributed by atoms with van der Waals surface area (Å²) in [6.45, 7) is 4.79. The number of hydrogen-bond donors (Lipinski definition) is 2. The van der Waals surface area contributed by atoms with Gasteiger partial charge in [-0.2, -0.15) is 0 Å². The number of hydrogen-bond acceptors (Lipinski definition) is 5. The molecule has 0 saturated carbocycles. The molecule has 0 spiro atoms. The van der Waals surface area contributed by atoms with Crippen LogP contribution in [-0.2, 0) is 6.54 Å². The van der Waals surface area contributed by atoms with Crippen LogP contribution in [0.3, 0.4) is 0 Å². The van der Waals surface area contributed by atoms with Crippen LogP contribution in [0.2, 0.25) is 0 Å². The fourth-order valence-corrected chi connectivity index (χ4v) is 3.52. The molecule has 4 rings (SSSR count). The molecule has 7 heteroatoms. The topological polar surface area (TPSA) is 87.7 Å². The van der Waals surface area contributed by atoms with Gasteiger partial charge in [-0.15, -0.1) is 0 Å². The Morgan fingerprint density at radius 3 is 2.41 bits per heavy atom. The van der Waals surface area contributed by atoms with Gasteiger partial charge in [0.2, 0.25) is 0 Å². The maximum absolute atomic E-state index is 12.7. The first-order chi connectivity index (χ1) is 14.1. The summed E-state index contributed by atoms with van der Waals surface area (Å²) in [5, 5.41) is 6.12. The molecule has 0 atom stereocenters. The first-order valence-electron chi connectivity index (χ1n) is 9.78. The molecule has 0 aliphatic carbocycles. The Hall–Kier alpha value is -3.19. The van der Waals surface area contributed by atoms with Crippen molar-refractivity contribution in [1.82, 2.24) is 15.5 Å². The van der Waals surface area contributed by atoms with Gasteiger partial charge in [0.05, 0.1) is 29.8 Å². The number of amides is 3. The van der Waals surface area contributed by atoms with Crippen molar-refractivity contribution in [3.05, 3.63) is 64.7 Å². The molecule has 7 nitrogen and oxygen atoms in total. The second-order valence-corrected chi connectivity index (χ2v) is 7.24. The third-order valence-electron chi connectivity index (χ3n) is 5.22. The van der Waals surface area contributed by atoms with E-state index in [9.17, 15) is 14.4 Å². The predicted octanol–water partition coefficient (Wildman–Crippen LogP) is 1.83. The zero-order valence-corrected chi connectivity index (χ0v) is 16.2. The minimum Gasteiger partial charge on any atom is -0.493 e. The van der Waals surface area contributed by atoms with Crippen molar-refractivity contribution in [1.29, 1.82) is 0 Å². The number of benzene rings is 2. The van der Waals surface area contributed by atoms with Crippen LogP contribution in [0, 0.1) is 5.92 Å². The normalized spacial score (nSPS) is 15.8. The summed E-state index contributed by atoms with van der Waals surface area (Å²) in [7, 11) is 0. The van der Waals surface area contributed by atoms with Crippen LogP contribution < -0.4 is 15.4 Å². The Kier molecular flexibility index (Phi) is 5.31. The van der Waals surface area contributed by atoms with Crippen molar-refractivity contribution >= 4 is 17.7 Å². The number of nitrogens with one attached hydrogen (secondary N) is 2. The van der Waals surface area contributed by atoms with Crippen LogP contribution in [0.4, 0.5) is 0 Å². The number of nitrogens with zero attached hydrogens (tertiary/aromatic N) is 1. The molecule has 2 aliphatic heterocycles. The van der Waals surface area contributed by atoms with E-state index in [4.69, 9.17) is 4.74 Å². The van der Waals surface area contributed by atoms with Crippen LogP contribution >= 0.6 is 0 Å². The molecule has 2 heterocycles. The lowest BCUT2D eigenvalue weighted by Gasteiger charge is -2.27. The summed E-state index contributed by atoms with van der Waals surface area (Å²) in [5.41, 5.74) is 1.93. The molecule has 0 unspecified atom stereocenters. The number of carbonyl (C=O) groups excluding carboxylic acids is 3. The van der Waals surface area contributed by atoms with Crippen molar-refractivity contribution in [3.63, 3.8) is 0 Å². The highest BCUT2D eigenvalue weighted by atomic mass is 16.5. The van der Waals surface area contributed by atoms with E-state index in [-0.39, 0.29) is 24.3 Å². The number of fused-ring (bicyclic) bond motifs is 1. The maximum Gasteiger partial charge on any atom is 0.261 e. The molecule has 1 saturated heterocycles. The second-order valence-electron chi connectivity index (χ2n) is 7.24. The Balaban J connectivity index is 1.54. The highest BCUT2D eigenvalue weighted by Gasteiger charge is 2.35. The molecule has 0 aromatic heterocycles. The zero-order valence-electron chi connectivity index (χ0n) is 16.2. The summed E-state index contributed by atoms with van der Waals surface area (Å²) in [6.07, 6.45) is 0. The maximum atomic E-state index is 12.7. The molecule has 0 radical (unpaired) electrons. The standard InChI is InChI=1S/C22H23N3O4/c1-2-29-19-8-7-14(9-18(19)20(26)24-12-15-10-23-11-15)13-25-21(27)16-5-3-4-6-17(16)22(25)28/h3-9,15,23H,2,10-13H2,1H3,(H,24,26). The molecule has 2 aromatic rings. The highest BCUT2D eigenvalue weighted by Crippen LogP contribution is 2.26. The molecule has 1 fully saturated rings. The number of rotatable bonds is 7. The van der Waals surface area contributed by atoms with Gasteiger partial charge in [-0.05, 0) is 36.8 Å². The van der Waals surface area contributed by atoms with Crippen molar-refractivity contribution in [2.24, 2.45) is 5.92 Å². The Labute approximate surface area is 169 Å². The van der Waals surface area contributed by atoms with Crippen molar-refractivity contribution in [2.75, 3.05) is 26.2 Å². The molecule has 29 heavy (non-hydrogen) atoms. The summed E-state index contributed by atoms with van der Waals surface area (Å²) < 4.78 is 5.60. The van der Waals surface area contributed by atoms with Crippen molar-refractivity contribution in [2.45, 2.75) is 13.5 Å². The quantitative estimate of drug-likeness (QED) is 0.701. The average molecular weight is 393 g/mol. The lowest BCUT2D eigenvalue weighted by Crippen LogP contribution is -2.48. The lowest BCUT2D eigenvalue weighted by atomic mass is 10.0. The lowest BCUT2D eigenvalue weighted by molar-refractivity contribution is 0.0642. The van der Waals surface area contributed by atoms with E-state index in [1.165, 1.54) is 4.90 Å². The summed E-state index contributed by atoms with van der Waals surface area (Å²) >= 11 is 0. The van der Waals surface area contributed by atoms with E-state index in [1.807, 2.05) is 6.92 Å². The molecule has 0 bridgehead atoms. The van der Waals surface area contributed by atoms with E-state index in [1.54, 1.807) is 42.5 Å². The second kappa shape index (κ2) is 8.05. The molecule has 2 aromatic carbocycles. The van der Waals surface area contributed by atoms with Crippen LogP contribution in [0.15, 0.2) is 42.5 Å². The molecular weight excluding hydrogens is 370 g/mol. The van der Waals surface area contributed by atoms with Gasteiger partial charge in [-0.3, -0.25) is 19.3 Å². The van der Waals surface area contributed by atoms with E-state index in [0.717, 1.165) is 13.1 Å². The number of imide groups is 1. The van der Waals surface area contributed by atoms with Crippen LogP contribution in [-0.4, -0.2) is 48.9 Å². The van der Waals surface area contributed by atoms with E-state index in [2.05, 4.69) is 10.6 Å². The number of carbonyl (C=O) groups is 3. The molecule has 150 valence electrons. The van der Waals surface area contributed by atoms with Gasteiger partial charge in [0, 0.05) is 25.6 Å². The predicted molar refractivity (Wildman–Crippen MR) is 107 cm³/mol. The summed E-state index contributed by atoms with van der Waals surface area (Å²) in [5.74, 6) is 0.0781. The largest absolute Gasteiger partial charge is 0.493 e. The molecule has 2 N–H and O–H groups in total. The fourth-order valence-electron chi connectivity index (χ4n) is 3.52. The summed E-state index contributed by atoms with van der Waals surface area (Å²) in [6, 6.07) is 12.0. The van der Waals surface area contributed by atoms with Crippen molar-refractivity contribution in [3.8, 4) is 5.75 Å². The van der Waals surface area contributed by atoms with Crippen LogP contribution in [0.1, 0.15) is 43.6 Å². The van der Waals surface area contributed by atoms with E-state index in [0.29, 0.717) is 47.1 Å². The van der Waals surface area contributed by atoms with Gasteiger partial charge in [0.15, 0.2) is 0 Å². The van der Waals surface area contributed by atoms with Gasteiger partial charge < -0.3 is 15.4 Å². The fraction of sp³-hybridized carbons (Fsp3) is 0.318.